The van der Waals surface area contributed by atoms with E-state index in [4.69, 9.17) is 0 Å². The summed E-state index contributed by atoms with van der Waals surface area (Å²) in [7, 11) is 0. The Hall–Kier alpha value is -1.69. The molecule has 0 spiro atoms. The van der Waals surface area contributed by atoms with E-state index in [1.807, 2.05) is 6.92 Å². The lowest BCUT2D eigenvalue weighted by Crippen LogP contribution is -2.39. The average Bonchev–Trinajstić information content (AvgIpc) is 2.38. The summed E-state index contributed by atoms with van der Waals surface area (Å²) in [5, 5.41) is 14.5. The molecule has 6 heteroatoms. The molecule has 0 fully saturated rings. The molecule has 0 aliphatic carbocycles. The molecular formula is C15H22F2N2O2. The number of carbonyl (C=O) groups is 1. The van der Waals surface area contributed by atoms with Crippen molar-refractivity contribution in [1.29, 1.82) is 0 Å². The molecule has 0 bridgehead atoms. The largest absolute Gasteiger partial charge is 0.393 e. The van der Waals surface area contributed by atoms with Gasteiger partial charge < -0.3 is 15.7 Å². The van der Waals surface area contributed by atoms with Gasteiger partial charge in [0.25, 0.3) is 0 Å². The molecule has 2 unspecified atom stereocenters. The number of hydrogen-bond donors (Lipinski definition) is 3. The van der Waals surface area contributed by atoms with E-state index in [-0.39, 0.29) is 18.5 Å². The summed E-state index contributed by atoms with van der Waals surface area (Å²) in [6.07, 6.45) is 0.510. The number of nitrogens with one attached hydrogen (secondary N) is 2. The van der Waals surface area contributed by atoms with Gasteiger partial charge in [-0.15, -0.1) is 0 Å². The first kappa shape index (κ1) is 17.4. The fraction of sp³-hybridized carbons (Fsp3) is 0.533. The van der Waals surface area contributed by atoms with E-state index >= 15 is 0 Å². The second-order valence-electron chi connectivity index (χ2n) is 5.31. The number of halogens is 2. The molecule has 0 heterocycles. The maximum absolute atomic E-state index is 13.4. The minimum Gasteiger partial charge on any atom is -0.393 e. The number of rotatable bonds is 7. The smallest absolute Gasteiger partial charge is 0.314 e. The van der Waals surface area contributed by atoms with E-state index in [0.717, 1.165) is 6.07 Å². The molecule has 4 nitrogen and oxygen atoms in total. The van der Waals surface area contributed by atoms with Gasteiger partial charge in [0.2, 0.25) is 0 Å². The monoisotopic (exact) mass is 300 g/mol. The number of amides is 2. The summed E-state index contributed by atoms with van der Waals surface area (Å²) in [6, 6.07) is 3.05. The highest BCUT2D eigenvalue weighted by Crippen LogP contribution is 2.09. The molecule has 118 valence electrons. The van der Waals surface area contributed by atoms with Crippen LogP contribution in [0.3, 0.4) is 0 Å². The SMILES string of the molecule is CC(O)CC(C)CNC(=O)NCCc1ccc(F)cc1F. The molecule has 0 aliphatic rings. The lowest BCUT2D eigenvalue weighted by atomic mass is 10.1. The van der Waals surface area contributed by atoms with Crippen molar-refractivity contribution in [3.05, 3.63) is 35.4 Å². The van der Waals surface area contributed by atoms with Gasteiger partial charge in [0.05, 0.1) is 6.10 Å². The van der Waals surface area contributed by atoms with Crippen LogP contribution in [-0.2, 0) is 6.42 Å². The van der Waals surface area contributed by atoms with E-state index in [1.54, 1.807) is 6.92 Å². The van der Waals surface area contributed by atoms with E-state index in [9.17, 15) is 18.7 Å². The maximum atomic E-state index is 13.4. The topological polar surface area (TPSA) is 61.4 Å². The van der Waals surface area contributed by atoms with Crippen molar-refractivity contribution < 1.29 is 18.7 Å². The van der Waals surface area contributed by atoms with E-state index in [0.29, 0.717) is 24.9 Å². The number of aliphatic hydroxyl groups is 1. The van der Waals surface area contributed by atoms with Gasteiger partial charge in [-0.2, -0.15) is 0 Å². The van der Waals surface area contributed by atoms with Crippen molar-refractivity contribution in [3.8, 4) is 0 Å². The Morgan fingerprint density at radius 3 is 2.62 bits per heavy atom. The summed E-state index contributed by atoms with van der Waals surface area (Å²) in [4.78, 5) is 11.5. The minimum atomic E-state index is -0.617. The normalized spacial score (nSPS) is 13.6. The minimum absolute atomic E-state index is 0.172. The van der Waals surface area contributed by atoms with Gasteiger partial charge in [-0.25, -0.2) is 13.6 Å². The third-order valence-electron chi connectivity index (χ3n) is 3.05. The molecule has 0 aliphatic heterocycles. The van der Waals surface area contributed by atoms with Gasteiger partial charge in [-0.1, -0.05) is 13.0 Å². The molecule has 0 saturated heterocycles. The standard InChI is InChI=1S/C15H22F2N2O2/c1-10(7-11(2)20)9-19-15(21)18-6-5-12-3-4-13(16)8-14(12)17/h3-4,8,10-11,20H,5-7,9H2,1-2H3,(H2,18,19,21). The molecular weight excluding hydrogens is 278 g/mol. The fourth-order valence-electron chi connectivity index (χ4n) is 2.03. The highest BCUT2D eigenvalue weighted by Gasteiger charge is 2.08. The molecule has 1 rings (SSSR count). The van der Waals surface area contributed by atoms with Crippen LogP contribution < -0.4 is 10.6 Å². The highest BCUT2D eigenvalue weighted by atomic mass is 19.1. The van der Waals surface area contributed by atoms with Gasteiger partial charge in [0, 0.05) is 19.2 Å². The Morgan fingerprint density at radius 1 is 1.29 bits per heavy atom. The zero-order chi connectivity index (χ0) is 15.8. The van der Waals surface area contributed by atoms with Gasteiger partial charge >= 0.3 is 6.03 Å². The molecule has 2 atom stereocenters. The van der Waals surface area contributed by atoms with Crippen LogP contribution in [0, 0.1) is 17.6 Å². The van der Waals surface area contributed by atoms with Crippen LogP contribution in [0.5, 0.6) is 0 Å². The zero-order valence-electron chi connectivity index (χ0n) is 12.3. The molecule has 21 heavy (non-hydrogen) atoms. The van der Waals surface area contributed by atoms with Crippen molar-refractivity contribution in [1.82, 2.24) is 10.6 Å². The third kappa shape index (κ3) is 7.04. The van der Waals surface area contributed by atoms with Crippen LogP contribution in [0.1, 0.15) is 25.8 Å². The molecule has 0 saturated carbocycles. The second kappa shape index (κ2) is 8.56. The van der Waals surface area contributed by atoms with Crippen molar-refractivity contribution in [3.63, 3.8) is 0 Å². The summed E-state index contributed by atoms with van der Waals surface area (Å²) in [6.45, 7) is 4.36. The van der Waals surface area contributed by atoms with Crippen LogP contribution in [0.2, 0.25) is 0 Å². The first-order valence-corrected chi connectivity index (χ1v) is 7.02. The lowest BCUT2D eigenvalue weighted by molar-refractivity contribution is 0.163. The van der Waals surface area contributed by atoms with Crippen molar-refractivity contribution in [2.24, 2.45) is 5.92 Å². The van der Waals surface area contributed by atoms with Crippen LogP contribution in [-0.4, -0.2) is 30.3 Å². The fourth-order valence-corrected chi connectivity index (χ4v) is 2.03. The van der Waals surface area contributed by atoms with Crippen molar-refractivity contribution in [2.75, 3.05) is 13.1 Å². The molecule has 1 aromatic carbocycles. The Labute approximate surface area is 123 Å². The third-order valence-corrected chi connectivity index (χ3v) is 3.05. The molecule has 1 aromatic rings. The Kier molecular flexibility index (Phi) is 7.08. The Bertz CT molecular complexity index is 467. The van der Waals surface area contributed by atoms with Gasteiger partial charge in [0.1, 0.15) is 11.6 Å². The quantitative estimate of drug-likeness (QED) is 0.723. The van der Waals surface area contributed by atoms with E-state index < -0.39 is 17.7 Å². The van der Waals surface area contributed by atoms with Gasteiger partial charge in [-0.05, 0) is 37.3 Å². The maximum Gasteiger partial charge on any atom is 0.314 e. The van der Waals surface area contributed by atoms with E-state index in [1.165, 1.54) is 12.1 Å². The Balaban J connectivity index is 2.24. The lowest BCUT2D eigenvalue weighted by Gasteiger charge is -2.14. The number of hydrogen-bond acceptors (Lipinski definition) is 2. The molecule has 3 N–H and O–H groups in total. The van der Waals surface area contributed by atoms with Crippen molar-refractivity contribution in [2.45, 2.75) is 32.8 Å². The Morgan fingerprint density at radius 2 is 2.00 bits per heavy atom. The summed E-state index contributed by atoms with van der Waals surface area (Å²) < 4.78 is 26.1. The van der Waals surface area contributed by atoms with Crippen molar-refractivity contribution >= 4 is 6.03 Å². The average molecular weight is 300 g/mol. The van der Waals surface area contributed by atoms with E-state index in [2.05, 4.69) is 10.6 Å². The first-order valence-electron chi connectivity index (χ1n) is 7.02. The molecule has 0 aromatic heterocycles. The van der Waals surface area contributed by atoms with Crippen LogP contribution in [0.15, 0.2) is 18.2 Å². The molecule has 0 radical (unpaired) electrons. The number of benzene rings is 1. The van der Waals surface area contributed by atoms with Crippen LogP contribution in [0.4, 0.5) is 13.6 Å². The van der Waals surface area contributed by atoms with Crippen LogP contribution >= 0.6 is 0 Å². The van der Waals surface area contributed by atoms with Gasteiger partial charge in [-0.3, -0.25) is 0 Å². The summed E-state index contributed by atoms with van der Waals surface area (Å²) >= 11 is 0. The summed E-state index contributed by atoms with van der Waals surface area (Å²) in [5.74, 6) is -1.05. The number of urea groups is 1. The van der Waals surface area contributed by atoms with Gasteiger partial charge in [0.15, 0.2) is 0 Å². The van der Waals surface area contributed by atoms with Crippen LogP contribution in [0.25, 0.3) is 0 Å². The number of aliphatic hydroxyl groups excluding tert-OH is 1. The second-order valence-corrected chi connectivity index (χ2v) is 5.31. The zero-order valence-corrected chi connectivity index (χ0v) is 12.3. The first-order chi connectivity index (χ1) is 9.88. The summed E-state index contributed by atoms with van der Waals surface area (Å²) in [5.41, 5.74) is 0.360. The molecule has 2 amide bonds. The predicted molar refractivity (Wildman–Crippen MR) is 76.9 cm³/mol. The predicted octanol–water partition coefficient (Wildman–Crippen LogP) is 2.21. The highest BCUT2D eigenvalue weighted by molar-refractivity contribution is 5.73. The number of carbonyl (C=O) groups excluding carboxylic acids is 1.